The number of carbonyl (C=O) groups is 1. The molecule has 0 aromatic carbocycles. The zero-order chi connectivity index (χ0) is 16.0. The van der Waals surface area contributed by atoms with Gasteiger partial charge in [0, 0.05) is 32.1 Å². The fraction of sp³-hybridized carbons (Fsp3) is 0.933. The molecule has 0 saturated carbocycles. The number of nitrogens with one attached hydrogen (secondary N) is 1. The maximum atomic E-state index is 12.2. The number of amides is 1. The van der Waals surface area contributed by atoms with E-state index >= 15 is 0 Å². The molecule has 128 valence electrons. The van der Waals surface area contributed by atoms with Gasteiger partial charge in [0.2, 0.25) is 15.9 Å². The van der Waals surface area contributed by atoms with Crippen LogP contribution in [0.4, 0.5) is 0 Å². The van der Waals surface area contributed by atoms with Crippen LogP contribution in [0.15, 0.2) is 0 Å². The van der Waals surface area contributed by atoms with E-state index in [1.807, 2.05) is 0 Å². The molecule has 6 nitrogen and oxygen atoms in total. The lowest BCUT2D eigenvalue weighted by atomic mass is 9.97. The van der Waals surface area contributed by atoms with Crippen molar-refractivity contribution in [2.24, 2.45) is 5.92 Å². The van der Waals surface area contributed by atoms with Gasteiger partial charge in [0.15, 0.2) is 0 Å². The fourth-order valence-electron chi connectivity index (χ4n) is 3.29. The summed E-state index contributed by atoms with van der Waals surface area (Å²) in [5.74, 6) is 0.0464. The molecule has 0 aromatic heterocycles. The molecule has 1 amide bonds. The summed E-state index contributed by atoms with van der Waals surface area (Å²) >= 11 is 0. The summed E-state index contributed by atoms with van der Waals surface area (Å²) in [7, 11) is -3.11. The van der Waals surface area contributed by atoms with E-state index in [1.165, 1.54) is 36.2 Å². The lowest BCUT2D eigenvalue weighted by molar-refractivity contribution is -0.126. The zero-order valence-corrected chi connectivity index (χ0v) is 14.4. The molecular weight excluding hydrogens is 302 g/mol. The zero-order valence-electron chi connectivity index (χ0n) is 13.6. The van der Waals surface area contributed by atoms with Crippen LogP contribution in [0.2, 0.25) is 0 Å². The largest absolute Gasteiger partial charge is 0.355 e. The quantitative estimate of drug-likeness (QED) is 0.803. The Bertz CT molecular complexity index is 451. The number of hydrogen-bond donors (Lipinski definition) is 1. The Morgan fingerprint density at radius 3 is 2.18 bits per heavy atom. The fourth-order valence-corrected chi connectivity index (χ4v) is 4.17. The summed E-state index contributed by atoms with van der Waals surface area (Å²) in [6, 6.07) is 0. The average molecular weight is 331 g/mol. The lowest BCUT2D eigenvalue weighted by Crippen LogP contribution is -2.44. The van der Waals surface area contributed by atoms with Crippen molar-refractivity contribution in [1.29, 1.82) is 0 Å². The Kier molecular flexibility index (Phi) is 6.65. The van der Waals surface area contributed by atoms with Gasteiger partial charge in [-0.15, -0.1) is 0 Å². The van der Waals surface area contributed by atoms with Gasteiger partial charge in [0.1, 0.15) is 0 Å². The summed E-state index contributed by atoms with van der Waals surface area (Å²) in [5, 5.41) is 3.03. The van der Waals surface area contributed by atoms with Gasteiger partial charge in [0.25, 0.3) is 0 Å². The lowest BCUT2D eigenvalue weighted by Gasteiger charge is -2.29. The van der Waals surface area contributed by atoms with Crippen LogP contribution in [-0.4, -0.2) is 69.1 Å². The summed E-state index contributed by atoms with van der Waals surface area (Å²) in [6.07, 6.45) is 7.65. The van der Waals surface area contributed by atoms with E-state index in [0.29, 0.717) is 32.5 Å². The second-order valence-electron chi connectivity index (χ2n) is 6.48. The van der Waals surface area contributed by atoms with E-state index < -0.39 is 10.0 Å². The Hall–Kier alpha value is -0.660. The van der Waals surface area contributed by atoms with Crippen LogP contribution in [0.3, 0.4) is 0 Å². The van der Waals surface area contributed by atoms with Crippen LogP contribution in [0.5, 0.6) is 0 Å². The van der Waals surface area contributed by atoms with Gasteiger partial charge in [-0.05, 0) is 38.8 Å². The molecule has 2 heterocycles. The highest BCUT2D eigenvalue weighted by Gasteiger charge is 2.28. The second-order valence-corrected chi connectivity index (χ2v) is 8.47. The van der Waals surface area contributed by atoms with Gasteiger partial charge in [-0.2, -0.15) is 0 Å². The molecule has 0 aliphatic carbocycles. The van der Waals surface area contributed by atoms with Gasteiger partial charge >= 0.3 is 0 Å². The van der Waals surface area contributed by atoms with Gasteiger partial charge in [-0.3, -0.25) is 4.79 Å². The van der Waals surface area contributed by atoms with Crippen molar-refractivity contribution in [2.45, 2.75) is 38.5 Å². The molecule has 2 fully saturated rings. The molecule has 0 radical (unpaired) electrons. The summed E-state index contributed by atoms with van der Waals surface area (Å²) in [4.78, 5) is 14.6. The van der Waals surface area contributed by atoms with E-state index in [1.54, 1.807) is 0 Å². The van der Waals surface area contributed by atoms with Gasteiger partial charge in [0.05, 0.1) is 6.26 Å². The standard InChI is InChI=1S/C15H29N3O3S/c1-22(20,21)18-11-6-14(7-12-18)15(19)16-8-13-17-9-4-2-3-5-10-17/h14H,2-13H2,1H3,(H,16,19). The van der Waals surface area contributed by atoms with Crippen molar-refractivity contribution in [2.75, 3.05) is 45.5 Å². The monoisotopic (exact) mass is 331 g/mol. The van der Waals surface area contributed by atoms with Crippen LogP contribution in [0.1, 0.15) is 38.5 Å². The Balaban J connectivity index is 1.65. The first-order chi connectivity index (χ1) is 10.5. The minimum Gasteiger partial charge on any atom is -0.355 e. The third-order valence-electron chi connectivity index (χ3n) is 4.72. The number of rotatable bonds is 5. The van der Waals surface area contributed by atoms with Gasteiger partial charge in [-0.25, -0.2) is 12.7 Å². The van der Waals surface area contributed by atoms with Gasteiger partial charge < -0.3 is 10.2 Å². The third-order valence-corrected chi connectivity index (χ3v) is 6.02. The number of hydrogen-bond acceptors (Lipinski definition) is 4. The number of likely N-dealkylation sites (tertiary alicyclic amines) is 1. The molecule has 0 spiro atoms. The molecule has 0 aromatic rings. The predicted molar refractivity (Wildman–Crippen MR) is 87.1 cm³/mol. The molecule has 7 heteroatoms. The molecule has 1 N–H and O–H groups in total. The average Bonchev–Trinajstić information content (AvgIpc) is 2.75. The second kappa shape index (κ2) is 8.26. The number of carbonyl (C=O) groups excluding carboxylic acids is 1. The normalized spacial score (nSPS) is 23.1. The van der Waals surface area contributed by atoms with Crippen LogP contribution in [0, 0.1) is 5.92 Å². The Labute approximate surface area is 134 Å². The summed E-state index contributed by atoms with van der Waals surface area (Å²) < 4.78 is 24.4. The molecule has 22 heavy (non-hydrogen) atoms. The minimum atomic E-state index is -3.11. The van der Waals surface area contributed by atoms with E-state index in [0.717, 1.165) is 19.6 Å². The smallest absolute Gasteiger partial charge is 0.223 e. The molecule has 2 rings (SSSR count). The van der Waals surface area contributed by atoms with Crippen molar-refractivity contribution < 1.29 is 13.2 Å². The highest BCUT2D eigenvalue weighted by molar-refractivity contribution is 7.88. The van der Waals surface area contributed by atoms with Crippen LogP contribution >= 0.6 is 0 Å². The maximum absolute atomic E-state index is 12.2. The number of sulfonamides is 1. The number of piperidine rings is 1. The summed E-state index contributed by atoms with van der Waals surface area (Å²) in [6.45, 7) is 4.83. The highest BCUT2D eigenvalue weighted by atomic mass is 32.2. The highest BCUT2D eigenvalue weighted by Crippen LogP contribution is 2.19. The van der Waals surface area contributed by atoms with E-state index in [4.69, 9.17) is 0 Å². The van der Waals surface area contributed by atoms with Crippen LogP contribution < -0.4 is 5.32 Å². The van der Waals surface area contributed by atoms with Crippen molar-refractivity contribution in [1.82, 2.24) is 14.5 Å². The molecule has 2 saturated heterocycles. The first-order valence-electron chi connectivity index (χ1n) is 8.42. The first-order valence-corrected chi connectivity index (χ1v) is 10.3. The Morgan fingerprint density at radius 2 is 1.64 bits per heavy atom. The maximum Gasteiger partial charge on any atom is 0.223 e. The molecule has 0 atom stereocenters. The van der Waals surface area contributed by atoms with Crippen molar-refractivity contribution in [3.63, 3.8) is 0 Å². The van der Waals surface area contributed by atoms with Crippen LogP contribution in [0.25, 0.3) is 0 Å². The van der Waals surface area contributed by atoms with Crippen molar-refractivity contribution in [3.8, 4) is 0 Å². The molecular formula is C15H29N3O3S. The summed E-state index contributed by atoms with van der Waals surface area (Å²) in [5.41, 5.74) is 0. The minimum absolute atomic E-state index is 0.0397. The molecule has 2 aliphatic heterocycles. The van der Waals surface area contributed by atoms with Crippen LogP contribution in [-0.2, 0) is 14.8 Å². The Morgan fingerprint density at radius 1 is 1.05 bits per heavy atom. The van der Waals surface area contributed by atoms with Crippen molar-refractivity contribution >= 4 is 15.9 Å². The van der Waals surface area contributed by atoms with Crippen molar-refractivity contribution in [3.05, 3.63) is 0 Å². The molecule has 2 aliphatic rings. The number of nitrogens with zero attached hydrogens (tertiary/aromatic N) is 2. The van der Waals surface area contributed by atoms with E-state index in [-0.39, 0.29) is 11.8 Å². The SMILES string of the molecule is CS(=O)(=O)N1CCC(C(=O)NCCN2CCCCCC2)CC1. The van der Waals surface area contributed by atoms with Gasteiger partial charge in [-0.1, -0.05) is 12.8 Å². The first kappa shape index (κ1) is 17.7. The van der Waals surface area contributed by atoms with E-state index in [2.05, 4.69) is 10.2 Å². The third kappa shape index (κ3) is 5.52. The topological polar surface area (TPSA) is 69.7 Å². The molecule has 0 bridgehead atoms. The predicted octanol–water partition coefficient (Wildman–Crippen LogP) is 0.650. The van der Waals surface area contributed by atoms with E-state index in [9.17, 15) is 13.2 Å². The molecule has 0 unspecified atom stereocenters.